The minimum Gasteiger partial charge on any atom is -0.271 e. The van der Waals surface area contributed by atoms with E-state index in [1.54, 1.807) is 0 Å². The Morgan fingerprint density at radius 1 is 1.42 bits per heavy atom. The fourth-order valence-corrected chi connectivity index (χ4v) is 4.33. The molecule has 1 fully saturated rings. The van der Waals surface area contributed by atoms with Crippen molar-refractivity contribution in [2.75, 3.05) is 5.75 Å². The van der Waals surface area contributed by atoms with E-state index in [0.717, 1.165) is 5.52 Å². The number of hydrogen-bond acceptors (Lipinski definition) is 4. The topological polar surface area (TPSA) is 50.9 Å². The second kappa shape index (κ2) is 5.12. The van der Waals surface area contributed by atoms with Crippen molar-refractivity contribution < 1.29 is 0 Å². The molecule has 0 aliphatic carbocycles. The number of rotatable bonds is 3. The van der Waals surface area contributed by atoms with Gasteiger partial charge in [-0.05, 0) is 43.2 Å². The van der Waals surface area contributed by atoms with Crippen molar-refractivity contribution in [1.82, 2.24) is 10.4 Å². The maximum absolute atomic E-state index is 5.83. The van der Waals surface area contributed by atoms with Crippen LogP contribution in [-0.2, 0) is 0 Å². The fraction of sp³-hybridized carbons (Fsp3) is 0.400. The third kappa shape index (κ3) is 2.36. The summed E-state index contributed by atoms with van der Waals surface area (Å²) >= 11 is 2.01. The smallest absolute Gasteiger partial charge is 0.0705 e. The van der Waals surface area contributed by atoms with Crippen molar-refractivity contribution in [3.63, 3.8) is 0 Å². The Hall–Kier alpha value is -1.10. The molecule has 0 saturated carbocycles. The van der Waals surface area contributed by atoms with E-state index in [1.165, 1.54) is 29.5 Å². The molecule has 0 amide bonds. The van der Waals surface area contributed by atoms with Gasteiger partial charge in [-0.15, -0.1) is 0 Å². The lowest BCUT2D eigenvalue weighted by molar-refractivity contribution is 0.421. The molecule has 1 aromatic heterocycles. The number of nitrogens with one attached hydrogen (secondary N) is 1. The molecule has 0 radical (unpaired) electrons. The van der Waals surface area contributed by atoms with Gasteiger partial charge in [0, 0.05) is 16.3 Å². The van der Waals surface area contributed by atoms with Crippen molar-refractivity contribution in [3.8, 4) is 0 Å². The van der Waals surface area contributed by atoms with Crippen LogP contribution in [-0.4, -0.2) is 15.5 Å². The molecule has 19 heavy (non-hydrogen) atoms. The molecule has 100 valence electrons. The van der Waals surface area contributed by atoms with Gasteiger partial charge < -0.3 is 0 Å². The van der Waals surface area contributed by atoms with Crippen LogP contribution in [0.3, 0.4) is 0 Å². The molecule has 1 aromatic carbocycles. The average molecular weight is 273 g/mol. The van der Waals surface area contributed by atoms with E-state index in [-0.39, 0.29) is 10.8 Å². The standard InChI is InChI=1S/C15H19N3S/c1-15(7-3-9-19-15)14(18-16)12-6-5-11-4-2-8-17-13(11)10-12/h2,4-6,8,10,14,18H,3,7,9,16H2,1H3. The monoisotopic (exact) mass is 273 g/mol. The molecule has 1 saturated heterocycles. The van der Waals surface area contributed by atoms with Crippen molar-refractivity contribution in [3.05, 3.63) is 42.1 Å². The van der Waals surface area contributed by atoms with Gasteiger partial charge in [0.1, 0.15) is 0 Å². The summed E-state index contributed by atoms with van der Waals surface area (Å²) in [5.41, 5.74) is 5.28. The Morgan fingerprint density at radius 2 is 2.32 bits per heavy atom. The van der Waals surface area contributed by atoms with Crippen LogP contribution in [0, 0.1) is 0 Å². The molecule has 1 aliphatic heterocycles. The van der Waals surface area contributed by atoms with Gasteiger partial charge in [0.05, 0.1) is 11.6 Å². The lowest BCUT2D eigenvalue weighted by atomic mass is 9.90. The van der Waals surface area contributed by atoms with E-state index in [1.807, 2.05) is 24.0 Å². The van der Waals surface area contributed by atoms with Gasteiger partial charge in [0.15, 0.2) is 0 Å². The molecular weight excluding hydrogens is 254 g/mol. The zero-order valence-electron chi connectivity index (χ0n) is 11.1. The van der Waals surface area contributed by atoms with E-state index in [9.17, 15) is 0 Å². The Bertz CT molecular complexity index is 578. The lowest BCUT2D eigenvalue weighted by Crippen LogP contribution is -2.41. The average Bonchev–Trinajstić information content (AvgIpc) is 2.87. The summed E-state index contributed by atoms with van der Waals surface area (Å²) in [4.78, 5) is 4.43. The SMILES string of the molecule is CC1(C(NN)c2ccc3cccnc3c2)CCCS1. The second-order valence-corrected chi connectivity index (χ2v) is 6.95. The normalized spacial score (nSPS) is 24.7. The van der Waals surface area contributed by atoms with Crippen LogP contribution in [0.15, 0.2) is 36.5 Å². The number of benzene rings is 1. The second-order valence-electron chi connectivity index (χ2n) is 5.32. The molecule has 2 atom stereocenters. The van der Waals surface area contributed by atoms with E-state index in [2.05, 4.69) is 41.6 Å². The molecule has 1 aliphatic rings. The van der Waals surface area contributed by atoms with Crippen molar-refractivity contribution in [2.45, 2.75) is 30.6 Å². The van der Waals surface area contributed by atoms with E-state index >= 15 is 0 Å². The summed E-state index contributed by atoms with van der Waals surface area (Å²) in [7, 11) is 0. The molecule has 3 nitrogen and oxygen atoms in total. The zero-order valence-corrected chi connectivity index (χ0v) is 11.9. The van der Waals surface area contributed by atoms with Crippen LogP contribution < -0.4 is 11.3 Å². The number of hydrogen-bond donors (Lipinski definition) is 2. The first kappa shape index (κ1) is 12.9. The number of thioether (sulfide) groups is 1. The van der Waals surface area contributed by atoms with Crippen molar-refractivity contribution >= 4 is 22.7 Å². The van der Waals surface area contributed by atoms with Crippen LogP contribution in [0.2, 0.25) is 0 Å². The van der Waals surface area contributed by atoms with Gasteiger partial charge in [0.2, 0.25) is 0 Å². The fourth-order valence-electron chi connectivity index (χ4n) is 2.92. The number of nitrogens with zero attached hydrogens (tertiary/aromatic N) is 1. The van der Waals surface area contributed by atoms with Crippen LogP contribution >= 0.6 is 11.8 Å². The zero-order chi connectivity index (χ0) is 13.3. The van der Waals surface area contributed by atoms with Gasteiger partial charge in [-0.3, -0.25) is 16.3 Å². The molecule has 0 spiro atoms. The Kier molecular flexibility index (Phi) is 3.48. The highest BCUT2D eigenvalue weighted by Gasteiger charge is 2.38. The lowest BCUT2D eigenvalue weighted by Gasteiger charge is -2.33. The maximum atomic E-state index is 5.83. The van der Waals surface area contributed by atoms with Gasteiger partial charge in [-0.2, -0.15) is 11.8 Å². The van der Waals surface area contributed by atoms with Gasteiger partial charge in [0.25, 0.3) is 0 Å². The maximum Gasteiger partial charge on any atom is 0.0705 e. The quantitative estimate of drug-likeness (QED) is 0.666. The molecule has 2 heterocycles. The van der Waals surface area contributed by atoms with Gasteiger partial charge >= 0.3 is 0 Å². The van der Waals surface area contributed by atoms with Crippen molar-refractivity contribution in [2.24, 2.45) is 5.84 Å². The molecule has 3 N–H and O–H groups in total. The van der Waals surface area contributed by atoms with E-state index in [0.29, 0.717) is 0 Å². The summed E-state index contributed by atoms with van der Waals surface area (Å²) < 4.78 is 0.178. The first-order valence-corrected chi connectivity index (χ1v) is 7.66. The predicted molar refractivity (Wildman–Crippen MR) is 81.9 cm³/mol. The van der Waals surface area contributed by atoms with E-state index in [4.69, 9.17) is 5.84 Å². The minimum absolute atomic E-state index is 0.173. The third-order valence-corrected chi connectivity index (χ3v) is 5.58. The number of nitrogens with two attached hydrogens (primary N) is 1. The summed E-state index contributed by atoms with van der Waals surface area (Å²) in [6.07, 6.45) is 4.31. The predicted octanol–water partition coefficient (Wildman–Crippen LogP) is 3.02. The Labute approximate surface area is 117 Å². The van der Waals surface area contributed by atoms with Crippen LogP contribution in [0.1, 0.15) is 31.4 Å². The molecular formula is C15H19N3S. The van der Waals surface area contributed by atoms with Crippen LogP contribution in [0.4, 0.5) is 0 Å². The van der Waals surface area contributed by atoms with Crippen molar-refractivity contribution in [1.29, 1.82) is 0 Å². The Balaban J connectivity index is 2.01. The summed E-state index contributed by atoms with van der Waals surface area (Å²) in [6.45, 7) is 2.30. The summed E-state index contributed by atoms with van der Waals surface area (Å²) in [6, 6.07) is 10.7. The highest BCUT2D eigenvalue weighted by molar-refractivity contribution is 8.00. The highest BCUT2D eigenvalue weighted by Crippen LogP contribution is 2.46. The highest BCUT2D eigenvalue weighted by atomic mass is 32.2. The summed E-state index contributed by atoms with van der Waals surface area (Å²) in [5, 5.41) is 1.17. The number of hydrazine groups is 1. The van der Waals surface area contributed by atoms with E-state index < -0.39 is 0 Å². The van der Waals surface area contributed by atoms with Crippen LogP contribution in [0.5, 0.6) is 0 Å². The first-order valence-electron chi connectivity index (χ1n) is 6.68. The molecule has 3 rings (SSSR count). The van der Waals surface area contributed by atoms with Gasteiger partial charge in [-0.1, -0.05) is 18.2 Å². The molecule has 2 unspecified atom stereocenters. The van der Waals surface area contributed by atoms with Gasteiger partial charge in [-0.25, -0.2) is 0 Å². The molecule has 0 bridgehead atoms. The Morgan fingerprint density at radius 3 is 3.05 bits per heavy atom. The van der Waals surface area contributed by atoms with Crippen LogP contribution in [0.25, 0.3) is 10.9 Å². The molecule has 2 aromatic rings. The number of aromatic nitrogens is 1. The summed E-state index contributed by atoms with van der Waals surface area (Å²) in [5.74, 6) is 7.05. The first-order chi connectivity index (χ1) is 9.23. The third-order valence-electron chi connectivity index (χ3n) is 3.99. The minimum atomic E-state index is 0.173. The number of fused-ring (bicyclic) bond motifs is 1. The largest absolute Gasteiger partial charge is 0.271 e. The number of pyridine rings is 1. The molecule has 4 heteroatoms.